The number of methoxy groups -OCH3 is 1. The highest BCUT2D eigenvalue weighted by atomic mass is 32.2. The van der Waals surface area contributed by atoms with Crippen molar-refractivity contribution in [3.05, 3.63) is 6.33 Å². The zero-order valence-corrected chi connectivity index (χ0v) is 13.3. The SMILES string of the molecule is CCC(C)(C)n1c(SCC(=O)O)nc2c(OC)ncnc21. The van der Waals surface area contributed by atoms with E-state index in [1.165, 1.54) is 25.2 Å². The normalized spacial score (nSPS) is 11.8. The van der Waals surface area contributed by atoms with Gasteiger partial charge in [-0.2, -0.15) is 4.98 Å². The fraction of sp³-hybridized carbons (Fsp3) is 0.538. The highest BCUT2D eigenvalue weighted by Crippen LogP contribution is 2.33. The summed E-state index contributed by atoms with van der Waals surface area (Å²) in [4.78, 5) is 23.7. The first kappa shape index (κ1) is 15.6. The highest BCUT2D eigenvalue weighted by Gasteiger charge is 2.27. The monoisotopic (exact) mass is 310 g/mol. The molecule has 0 amide bonds. The van der Waals surface area contributed by atoms with Crippen LogP contribution in [0.2, 0.25) is 0 Å². The molecular weight excluding hydrogens is 292 g/mol. The van der Waals surface area contributed by atoms with E-state index in [1.54, 1.807) is 0 Å². The molecular formula is C13H18N4O3S. The Kier molecular flexibility index (Phi) is 4.36. The minimum Gasteiger partial charge on any atom is -0.481 e. The van der Waals surface area contributed by atoms with Gasteiger partial charge < -0.3 is 9.84 Å². The van der Waals surface area contributed by atoms with Crippen LogP contribution in [0.4, 0.5) is 0 Å². The van der Waals surface area contributed by atoms with E-state index >= 15 is 0 Å². The molecule has 2 aromatic heterocycles. The highest BCUT2D eigenvalue weighted by molar-refractivity contribution is 7.99. The quantitative estimate of drug-likeness (QED) is 0.817. The van der Waals surface area contributed by atoms with Crippen LogP contribution in [0.15, 0.2) is 11.5 Å². The molecule has 0 saturated carbocycles. The van der Waals surface area contributed by atoms with Crippen molar-refractivity contribution >= 4 is 28.9 Å². The van der Waals surface area contributed by atoms with Crippen LogP contribution in [-0.2, 0) is 10.3 Å². The summed E-state index contributed by atoms with van der Waals surface area (Å²) < 4.78 is 7.17. The standard InChI is InChI=1S/C13H18N4O3S/c1-5-13(2,3)17-10-9(11(20-4)15-7-14-10)16-12(17)21-6-8(18)19/h7H,5-6H2,1-4H3,(H,18,19). The summed E-state index contributed by atoms with van der Waals surface area (Å²) in [5.74, 6) is -0.549. The fourth-order valence-corrected chi connectivity index (χ4v) is 2.80. The van der Waals surface area contributed by atoms with Crippen molar-refractivity contribution in [2.24, 2.45) is 0 Å². The molecule has 2 heterocycles. The average molecular weight is 310 g/mol. The molecule has 7 nitrogen and oxygen atoms in total. The molecule has 0 bridgehead atoms. The number of ether oxygens (including phenoxy) is 1. The van der Waals surface area contributed by atoms with Crippen LogP contribution < -0.4 is 4.74 Å². The third-order valence-corrected chi connectivity index (χ3v) is 4.29. The van der Waals surface area contributed by atoms with Crippen molar-refractivity contribution in [1.82, 2.24) is 19.5 Å². The number of carboxylic acids is 1. The van der Waals surface area contributed by atoms with Crippen LogP contribution >= 0.6 is 11.8 Å². The molecule has 114 valence electrons. The molecule has 2 aromatic rings. The van der Waals surface area contributed by atoms with Gasteiger partial charge in [0.2, 0.25) is 5.88 Å². The van der Waals surface area contributed by atoms with Crippen molar-refractivity contribution < 1.29 is 14.6 Å². The van der Waals surface area contributed by atoms with Crippen LogP contribution in [0.1, 0.15) is 27.2 Å². The van der Waals surface area contributed by atoms with E-state index in [0.717, 1.165) is 6.42 Å². The Bertz CT molecular complexity index is 669. The molecule has 0 aliphatic rings. The number of aromatic nitrogens is 4. The molecule has 0 aromatic carbocycles. The molecule has 0 atom stereocenters. The van der Waals surface area contributed by atoms with E-state index in [2.05, 4.69) is 35.7 Å². The molecule has 0 spiro atoms. The van der Waals surface area contributed by atoms with Gasteiger partial charge in [-0.25, -0.2) is 9.97 Å². The molecule has 8 heteroatoms. The van der Waals surface area contributed by atoms with Crippen LogP contribution in [0.3, 0.4) is 0 Å². The zero-order chi connectivity index (χ0) is 15.6. The lowest BCUT2D eigenvalue weighted by atomic mass is 10.0. The lowest BCUT2D eigenvalue weighted by Gasteiger charge is -2.27. The second-order valence-corrected chi connectivity index (χ2v) is 6.08. The van der Waals surface area contributed by atoms with E-state index < -0.39 is 5.97 Å². The van der Waals surface area contributed by atoms with Crippen molar-refractivity contribution in [2.75, 3.05) is 12.9 Å². The third-order valence-electron chi connectivity index (χ3n) is 3.37. The number of hydrogen-bond donors (Lipinski definition) is 1. The number of fused-ring (bicyclic) bond motifs is 1. The van der Waals surface area contributed by atoms with Gasteiger partial charge in [0.1, 0.15) is 6.33 Å². The van der Waals surface area contributed by atoms with Crippen LogP contribution in [-0.4, -0.2) is 43.5 Å². The van der Waals surface area contributed by atoms with Gasteiger partial charge in [0.25, 0.3) is 0 Å². The molecule has 0 aliphatic heterocycles. The Labute approximate surface area is 126 Å². The number of rotatable bonds is 6. The molecule has 1 N–H and O–H groups in total. The lowest BCUT2D eigenvalue weighted by molar-refractivity contribution is -0.133. The first-order valence-electron chi connectivity index (χ1n) is 6.53. The summed E-state index contributed by atoms with van der Waals surface area (Å²) in [5.41, 5.74) is 0.964. The van der Waals surface area contributed by atoms with E-state index in [4.69, 9.17) is 9.84 Å². The maximum absolute atomic E-state index is 10.8. The van der Waals surface area contributed by atoms with Crippen molar-refractivity contribution in [2.45, 2.75) is 37.9 Å². The molecule has 21 heavy (non-hydrogen) atoms. The van der Waals surface area contributed by atoms with Gasteiger partial charge in [-0.3, -0.25) is 9.36 Å². The smallest absolute Gasteiger partial charge is 0.313 e. The minimum atomic E-state index is -0.883. The largest absolute Gasteiger partial charge is 0.481 e. The first-order valence-corrected chi connectivity index (χ1v) is 7.51. The van der Waals surface area contributed by atoms with Crippen molar-refractivity contribution in [3.8, 4) is 5.88 Å². The Balaban J connectivity index is 2.65. The topological polar surface area (TPSA) is 90.1 Å². The van der Waals surface area contributed by atoms with Gasteiger partial charge in [0.15, 0.2) is 16.3 Å². The summed E-state index contributed by atoms with van der Waals surface area (Å²) in [6.45, 7) is 6.19. The number of carbonyl (C=O) groups is 1. The fourth-order valence-electron chi connectivity index (χ4n) is 1.93. The predicted octanol–water partition coefficient (Wildman–Crippen LogP) is 2.16. The van der Waals surface area contributed by atoms with Crippen LogP contribution in [0.25, 0.3) is 11.2 Å². The Morgan fingerprint density at radius 1 is 1.48 bits per heavy atom. The predicted molar refractivity (Wildman–Crippen MR) is 79.8 cm³/mol. The van der Waals surface area contributed by atoms with Gasteiger partial charge >= 0.3 is 5.97 Å². The van der Waals surface area contributed by atoms with Gasteiger partial charge in [-0.15, -0.1) is 0 Å². The van der Waals surface area contributed by atoms with Gasteiger partial charge in [0.05, 0.1) is 12.9 Å². The molecule has 0 aliphatic carbocycles. The van der Waals surface area contributed by atoms with Gasteiger partial charge in [-0.05, 0) is 20.3 Å². The number of thioether (sulfide) groups is 1. The molecule has 0 unspecified atom stereocenters. The maximum Gasteiger partial charge on any atom is 0.313 e. The maximum atomic E-state index is 10.8. The first-order chi connectivity index (χ1) is 9.90. The summed E-state index contributed by atoms with van der Waals surface area (Å²) in [6, 6.07) is 0. The summed E-state index contributed by atoms with van der Waals surface area (Å²) >= 11 is 1.17. The zero-order valence-electron chi connectivity index (χ0n) is 12.5. The third kappa shape index (κ3) is 2.94. The van der Waals surface area contributed by atoms with E-state index in [0.29, 0.717) is 22.2 Å². The van der Waals surface area contributed by atoms with E-state index in [9.17, 15) is 4.79 Å². The van der Waals surface area contributed by atoms with E-state index in [1.807, 2.05) is 4.57 Å². The molecule has 0 saturated heterocycles. The Hall–Kier alpha value is -1.83. The second kappa shape index (κ2) is 5.88. The van der Waals surface area contributed by atoms with Gasteiger partial charge in [0, 0.05) is 5.54 Å². The number of imidazole rings is 1. The lowest BCUT2D eigenvalue weighted by Crippen LogP contribution is -2.26. The van der Waals surface area contributed by atoms with Crippen LogP contribution in [0, 0.1) is 0 Å². The van der Waals surface area contributed by atoms with Crippen molar-refractivity contribution in [1.29, 1.82) is 0 Å². The Morgan fingerprint density at radius 2 is 2.19 bits per heavy atom. The number of carboxylic acid groups (broad SMARTS) is 1. The summed E-state index contributed by atoms with van der Waals surface area (Å²) in [7, 11) is 1.52. The molecule has 0 radical (unpaired) electrons. The van der Waals surface area contributed by atoms with E-state index in [-0.39, 0.29) is 11.3 Å². The number of aliphatic carboxylic acids is 1. The van der Waals surface area contributed by atoms with Crippen LogP contribution in [0.5, 0.6) is 5.88 Å². The number of nitrogens with zero attached hydrogens (tertiary/aromatic N) is 4. The summed E-state index contributed by atoms with van der Waals surface area (Å²) in [6.07, 6.45) is 2.28. The Morgan fingerprint density at radius 3 is 2.76 bits per heavy atom. The molecule has 0 fully saturated rings. The second-order valence-electron chi connectivity index (χ2n) is 5.13. The number of hydrogen-bond acceptors (Lipinski definition) is 6. The molecule has 2 rings (SSSR count). The average Bonchev–Trinajstić information content (AvgIpc) is 2.84. The summed E-state index contributed by atoms with van der Waals surface area (Å²) in [5, 5.41) is 9.50. The van der Waals surface area contributed by atoms with Crippen molar-refractivity contribution in [3.63, 3.8) is 0 Å². The minimum absolute atomic E-state index is 0.0567. The van der Waals surface area contributed by atoms with Gasteiger partial charge in [-0.1, -0.05) is 18.7 Å².